The maximum atomic E-state index is 14.1. The molecule has 3 rings (SSSR count). The van der Waals surface area contributed by atoms with Gasteiger partial charge in [-0.3, -0.25) is 4.79 Å². The molecule has 0 aliphatic carbocycles. The topological polar surface area (TPSA) is 22.0 Å². The molecule has 2 aromatic carbocycles. The smallest absolute Gasteiger partial charge is 0.193 e. The number of hydrogen-bond acceptors (Lipinski definition) is 1. The van der Waals surface area contributed by atoms with Crippen LogP contribution in [0.5, 0.6) is 0 Å². The van der Waals surface area contributed by atoms with Crippen molar-refractivity contribution in [3.05, 3.63) is 83.9 Å². The SMILES string of the molecule is O=C(CCl)c1cccn1Cc1ccccc1-c1ccccc1F. The first-order valence-corrected chi connectivity index (χ1v) is 7.81. The summed E-state index contributed by atoms with van der Waals surface area (Å²) < 4.78 is 16.0. The number of aromatic nitrogens is 1. The Morgan fingerprint density at radius 1 is 0.957 bits per heavy atom. The molecule has 3 aromatic rings. The van der Waals surface area contributed by atoms with Crippen LogP contribution in [-0.4, -0.2) is 16.2 Å². The van der Waals surface area contributed by atoms with Gasteiger partial charge < -0.3 is 4.57 Å². The van der Waals surface area contributed by atoms with Gasteiger partial charge in [0.2, 0.25) is 0 Å². The number of nitrogens with zero attached hydrogens (tertiary/aromatic N) is 1. The molecule has 1 aromatic heterocycles. The van der Waals surface area contributed by atoms with Crippen LogP contribution in [0.1, 0.15) is 16.1 Å². The molecule has 0 atom stereocenters. The number of halogens is 2. The molecule has 0 unspecified atom stereocenters. The fraction of sp³-hybridized carbons (Fsp3) is 0.105. The standard InChI is InChI=1S/C19H15ClFNO/c20-12-19(23)18-10-5-11-22(18)13-14-6-1-2-7-15(14)16-8-3-4-9-17(16)21/h1-11H,12-13H2. The summed E-state index contributed by atoms with van der Waals surface area (Å²) in [6, 6.07) is 17.9. The second kappa shape index (κ2) is 6.80. The summed E-state index contributed by atoms with van der Waals surface area (Å²) >= 11 is 5.65. The normalized spacial score (nSPS) is 10.7. The zero-order valence-electron chi connectivity index (χ0n) is 12.4. The second-order valence-corrected chi connectivity index (χ2v) is 5.48. The number of rotatable bonds is 5. The number of benzene rings is 2. The van der Waals surface area contributed by atoms with Gasteiger partial charge in [0.1, 0.15) is 5.82 Å². The molecule has 0 amide bonds. The molecule has 1 heterocycles. The van der Waals surface area contributed by atoms with Crippen LogP contribution in [0.25, 0.3) is 11.1 Å². The Bertz CT molecular complexity index is 841. The summed E-state index contributed by atoms with van der Waals surface area (Å²) in [6.45, 7) is 0.482. The van der Waals surface area contributed by atoms with Crippen molar-refractivity contribution >= 4 is 17.4 Å². The molecule has 0 radical (unpaired) electrons. The van der Waals surface area contributed by atoms with Gasteiger partial charge in [0.25, 0.3) is 0 Å². The Morgan fingerprint density at radius 2 is 1.65 bits per heavy atom. The molecule has 0 N–H and O–H groups in total. The molecule has 4 heteroatoms. The van der Waals surface area contributed by atoms with E-state index in [-0.39, 0.29) is 17.5 Å². The number of ketones is 1. The van der Waals surface area contributed by atoms with E-state index >= 15 is 0 Å². The summed E-state index contributed by atoms with van der Waals surface area (Å²) in [5.41, 5.74) is 2.88. The lowest BCUT2D eigenvalue weighted by Crippen LogP contribution is -2.11. The molecule has 2 nitrogen and oxygen atoms in total. The molecule has 23 heavy (non-hydrogen) atoms. The van der Waals surface area contributed by atoms with Crippen molar-refractivity contribution in [1.29, 1.82) is 0 Å². The Morgan fingerprint density at radius 3 is 2.39 bits per heavy atom. The monoisotopic (exact) mass is 327 g/mol. The lowest BCUT2D eigenvalue weighted by Gasteiger charge is -2.13. The maximum absolute atomic E-state index is 14.1. The van der Waals surface area contributed by atoms with Gasteiger partial charge in [-0.05, 0) is 29.3 Å². The van der Waals surface area contributed by atoms with Crippen molar-refractivity contribution in [2.45, 2.75) is 6.54 Å². The predicted octanol–water partition coefficient (Wildman–Crippen LogP) is 4.76. The zero-order chi connectivity index (χ0) is 16.2. The van der Waals surface area contributed by atoms with Gasteiger partial charge in [-0.2, -0.15) is 0 Å². The first-order valence-electron chi connectivity index (χ1n) is 7.28. The van der Waals surface area contributed by atoms with Crippen LogP contribution in [-0.2, 0) is 6.54 Å². The minimum Gasteiger partial charge on any atom is -0.341 e. The fourth-order valence-corrected chi connectivity index (χ4v) is 2.79. The molecule has 0 aliphatic rings. The lowest BCUT2D eigenvalue weighted by molar-refractivity contribution is 0.101. The Hall–Kier alpha value is -2.39. The summed E-state index contributed by atoms with van der Waals surface area (Å²) in [5.74, 6) is -0.441. The average Bonchev–Trinajstić information content (AvgIpc) is 3.03. The van der Waals surface area contributed by atoms with Crippen LogP contribution < -0.4 is 0 Å². The zero-order valence-corrected chi connectivity index (χ0v) is 13.1. The molecule has 0 fully saturated rings. The van der Waals surface area contributed by atoms with Gasteiger partial charge in [0, 0.05) is 18.3 Å². The molecule has 0 spiro atoms. The Labute approximate surface area is 139 Å². The third-order valence-electron chi connectivity index (χ3n) is 3.76. The molecule has 116 valence electrons. The first kappa shape index (κ1) is 15.5. The molecular weight excluding hydrogens is 313 g/mol. The molecule has 0 saturated heterocycles. The summed E-state index contributed by atoms with van der Waals surface area (Å²) in [4.78, 5) is 11.9. The van der Waals surface area contributed by atoms with Gasteiger partial charge in [0.05, 0.1) is 11.6 Å². The highest BCUT2D eigenvalue weighted by Gasteiger charge is 2.13. The number of carbonyl (C=O) groups is 1. The lowest BCUT2D eigenvalue weighted by atomic mass is 9.99. The summed E-state index contributed by atoms with van der Waals surface area (Å²) in [6.07, 6.45) is 1.83. The van der Waals surface area contributed by atoms with E-state index in [9.17, 15) is 9.18 Å². The van der Waals surface area contributed by atoms with Crippen LogP contribution in [0.15, 0.2) is 66.9 Å². The Balaban J connectivity index is 2.01. The van der Waals surface area contributed by atoms with Crippen molar-refractivity contribution in [2.75, 3.05) is 5.88 Å². The fourth-order valence-electron chi connectivity index (χ4n) is 2.66. The van der Waals surface area contributed by atoms with E-state index in [4.69, 9.17) is 11.6 Å². The van der Waals surface area contributed by atoms with Gasteiger partial charge in [-0.25, -0.2) is 4.39 Å². The number of hydrogen-bond donors (Lipinski definition) is 0. The predicted molar refractivity (Wildman–Crippen MR) is 90.4 cm³/mol. The van der Waals surface area contributed by atoms with Crippen molar-refractivity contribution in [2.24, 2.45) is 0 Å². The minimum absolute atomic E-state index is 0.0566. The van der Waals surface area contributed by atoms with E-state index in [1.807, 2.05) is 47.2 Å². The van der Waals surface area contributed by atoms with Gasteiger partial charge in [0.15, 0.2) is 5.78 Å². The number of alkyl halides is 1. The van der Waals surface area contributed by atoms with Crippen LogP contribution in [0.4, 0.5) is 4.39 Å². The number of Topliss-reactive ketones (excluding diaryl/α,β-unsaturated/α-hetero) is 1. The van der Waals surface area contributed by atoms with Gasteiger partial charge in [-0.1, -0.05) is 42.5 Å². The van der Waals surface area contributed by atoms with E-state index in [1.54, 1.807) is 18.2 Å². The van der Waals surface area contributed by atoms with Crippen LogP contribution in [0.2, 0.25) is 0 Å². The van der Waals surface area contributed by atoms with Crippen molar-refractivity contribution < 1.29 is 9.18 Å². The number of carbonyl (C=O) groups excluding carboxylic acids is 1. The third-order valence-corrected chi connectivity index (χ3v) is 4.00. The van der Waals surface area contributed by atoms with Crippen LogP contribution >= 0.6 is 11.6 Å². The van der Waals surface area contributed by atoms with E-state index in [1.165, 1.54) is 6.07 Å². The van der Waals surface area contributed by atoms with E-state index < -0.39 is 0 Å². The van der Waals surface area contributed by atoms with Crippen LogP contribution in [0.3, 0.4) is 0 Å². The summed E-state index contributed by atoms with van der Waals surface area (Å²) in [7, 11) is 0. The highest BCUT2D eigenvalue weighted by atomic mass is 35.5. The average molecular weight is 328 g/mol. The quantitative estimate of drug-likeness (QED) is 0.489. The van der Waals surface area contributed by atoms with E-state index in [0.29, 0.717) is 17.8 Å². The van der Waals surface area contributed by atoms with E-state index in [2.05, 4.69) is 0 Å². The van der Waals surface area contributed by atoms with E-state index in [0.717, 1.165) is 11.1 Å². The highest BCUT2D eigenvalue weighted by molar-refractivity contribution is 6.30. The summed E-state index contributed by atoms with van der Waals surface area (Å²) in [5, 5.41) is 0. The first-order chi connectivity index (χ1) is 11.2. The molecular formula is C19H15ClFNO. The molecule has 0 bridgehead atoms. The minimum atomic E-state index is -0.260. The van der Waals surface area contributed by atoms with Crippen molar-refractivity contribution in [1.82, 2.24) is 4.57 Å². The molecule has 0 aliphatic heterocycles. The van der Waals surface area contributed by atoms with Crippen molar-refractivity contribution in [3.63, 3.8) is 0 Å². The third kappa shape index (κ3) is 3.20. The maximum Gasteiger partial charge on any atom is 0.193 e. The van der Waals surface area contributed by atoms with Crippen molar-refractivity contribution in [3.8, 4) is 11.1 Å². The second-order valence-electron chi connectivity index (χ2n) is 5.22. The largest absolute Gasteiger partial charge is 0.341 e. The van der Waals surface area contributed by atoms with Gasteiger partial charge >= 0.3 is 0 Å². The van der Waals surface area contributed by atoms with Crippen LogP contribution in [0, 0.1) is 5.82 Å². The highest BCUT2D eigenvalue weighted by Crippen LogP contribution is 2.27. The Kier molecular flexibility index (Phi) is 4.58. The van der Waals surface area contributed by atoms with Gasteiger partial charge in [-0.15, -0.1) is 11.6 Å². The molecule has 0 saturated carbocycles.